The van der Waals surface area contributed by atoms with Gasteiger partial charge in [-0.1, -0.05) is 18.1 Å². The van der Waals surface area contributed by atoms with E-state index in [2.05, 4.69) is 49.3 Å². The van der Waals surface area contributed by atoms with Gasteiger partial charge < -0.3 is 16.0 Å². The highest BCUT2D eigenvalue weighted by Gasteiger charge is 2.24. The van der Waals surface area contributed by atoms with Gasteiger partial charge in [-0.25, -0.2) is 0 Å². The summed E-state index contributed by atoms with van der Waals surface area (Å²) in [6.07, 6.45) is 7.89. The third-order valence-corrected chi connectivity index (χ3v) is 5.84. The zero-order valence-electron chi connectivity index (χ0n) is 17.1. The number of nitrogens with one attached hydrogen (secondary N) is 3. The predicted molar refractivity (Wildman–Crippen MR) is 136 cm³/mol. The van der Waals surface area contributed by atoms with E-state index >= 15 is 0 Å². The number of terminal acetylenes is 1. The Bertz CT molecular complexity index is 872. The Morgan fingerprint density at radius 1 is 1.27 bits per heavy atom. The molecule has 1 fully saturated rings. The van der Waals surface area contributed by atoms with Gasteiger partial charge in [0.25, 0.3) is 0 Å². The molecule has 30 heavy (non-hydrogen) atoms. The Morgan fingerprint density at radius 3 is 2.73 bits per heavy atom. The van der Waals surface area contributed by atoms with Crippen LogP contribution < -0.4 is 16.0 Å². The minimum absolute atomic E-state index is 0. The molecule has 1 atom stereocenters. The molecule has 0 bridgehead atoms. The van der Waals surface area contributed by atoms with Gasteiger partial charge in [0.2, 0.25) is 5.91 Å². The molecule has 160 valence electrons. The lowest BCUT2D eigenvalue weighted by atomic mass is 10.2. The van der Waals surface area contributed by atoms with E-state index in [1.807, 2.05) is 18.2 Å². The van der Waals surface area contributed by atoms with Crippen molar-refractivity contribution in [3.05, 3.63) is 52.2 Å². The molecule has 0 saturated carbocycles. The largest absolute Gasteiger partial charge is 0.354 e. The maximum absolute atomic E-state index is 12.3. The van der Waals surface area contributed by atoms with E-state index < -0.39 is 0 Å². The molecule has 0 spiro atoms. The second-order valence-electron chi connectivity index (χ2n) is 6.85. The van der Waals surface area contributed by atoms with Crippen molar-refractivity contribution in [1.82, 2.24) is 15.5 Å². The number of carbonyl (C=O) groups excluding carboxylic acids is 1. The number of halogens is 1. The minimum Gasteiger partial charge on any atom is -0.354 e. The smallest absolute Gasteiger partial charge is 0.243 e. The van der Waals surface area contributed by atoms with Crippen LogP contribution >= 0.6 is 35.3 Å². The third-order valence-electron chi connectivity index (χ3n) is 4.87. The number of hydrogen-bond acceptors (Lipinski definition) is 4. The number of likely N-dealkylation sites (tertiary alicyclic amines) is 1. The molecule has 1 aromatic carbocycles. The summed E-state index contributed by atoms with van der Waals surface area (Å²) in [5, 5.41) is 11.4. The highest BCUT2D eigenvalue weighted by atomic mass is 127. The number of thiophene rings is 1. The molecular weight excluding hydrogens is 509 g/mol. The Labute approximate surface area is 199 Å². The molecule has 1 aliphatic heterocycles. The Balaban J connectivity index is 0.00000320. The first kappa shape index (κ1) is 24.2. The second-order valence-corrected chi connectivity index (χ2v) is 7.83. The number of hydrogen-bond donors (Lipinski definition) is 3. The monoisotopic (exact) mass is 537 g/mol. The van der Waals surface area contributed by atoms with Gasteiger partial charge in [0.15, 0.2) is 5.96 Å². The van der Waals surface area contributed by atoms with Gasteiger partial charge >= 0.3 is 0 Å². The first-order valence-corrected chi connectivity index (χ1v) is 10.7. The van der Waals surface area contributed by atoms with Crippen molar-refractivity contribution in [2.75, 3.05) is 38.5 Å². The van der Waals surface area contributed by atoms with Crippen LogP contribution in [0.1, 0.15) is 29.3 Å². The van der Waals surface area contributed by atoms with Gasteiger partial charge in [0, 0.05) is 29.7 Å². The van der Waals surface area contributed by atoms with Crippen LogP contribution in [0.3, 0.4) is 0 Å². The van der Waals surface area contributed by atoms with E-state index in [0.717, 1.165) is 25.2 Å². The first-order valence-electron chi connectivity index (χ1n) is 9.78. The van der Waals surface area contributed by atoms with Crippen molar-refractivity contribution >= 4 is 52.9 Å². The topological polar surface area (TPSA) is 68.8 Å². The summed E-state index contributed by atoms with van der Waals surface area (Å²) in [6, 6.07) is 11.8. The molecule has 3 rings (SSSR count). The van der Waals surface area contributed by atoms with Crippen LogP contribution in [0.4, 0.5) is 5.69 Å². The molecule has 1 aromatic heterocycles. The molecule has 1 saturated heterocycles. The van der Waals surface area contributed by atoms with E-state index in [9.17, 15) is 4.79 Å². The van der Waals surface area contributed by atoms with Crippen molar-refractivity contribution < 1.29 is 4.79 Å². The number of aliphatic imine (C=N–C) groups is 1. The van der Waals surface area contributed by atoms with Crippen LogP contribution in [-0.2, 0) is 4.79 Å². The van der Waals surface area contributed by atoms with Gasteiger partial charge in [-0.3, -0.25) is 14.7 Å². The maximum Gasteiger partial charge on any atom is 0.243 e. The second kappa shape index (κ2) is 12.6. The highest BCUT2D eigenvalue weighted by molar-refractivity contribution is 14.0. The molecule has 1 amide bonds. The van der Waals surface area contributed by atoms with Gasteiger partial charge in [0.1, 0.15) is 0 Å². The lowest BCUT2D eigenvalue weighted by Gasteiger charge is -2.27. The minimum atomic E-state index is -0.156. The number of amides is 1. The van der Waals surface area contributed by atoms with Gasteiger partial charge in [-0.15, -0.1) is 41.7 Å². The molecule has 0 radical (unpaired) electrons. The van der Waals surface area contributed by atoms with E-state index in [1.54, 1.807) is 24.5 Å². The van der Waals surface area contributed by atoms with Crippen LogP contribution in [0.2, 0.25) is 0 Å². The summed E-state index contributed by atoms with van der Waals surface area (Å²) in [5.41, 5.74) is 1.41. The summed E-state index contributed by atoms with van der Waals surface area (Å²) in [6.45, 7) is 3.10. The summed E-state index contributed by atoms with van der Waals surface area (Å²) < 4.78 is 0. The Hall–Kier alpha value is -2.09. The molecule has 8 heteroatoms. The quantitative estimate of drug-likeness (QED) is 0.220. The fourth-order valence-electron chi connectivity index (χ4n) is 3.41. The number of rotatable bonds is 7. The fraction of sp³-hybridized carbons (Fsp3) is 0.364. The molecule has 2 aromatic rings. The molecule has 2 heterocycles. The maximum atomic E-state index is 12.3. The summed E-state index contributed by atoms with van der Waals surface area (Å²) in [5.74, 6) is 3.02. The van der Waals surface area contributed by atoms with E-state index in [0.29, 0.717) is 17.7 Å². The normalized spacial score (nSPS) is 15.0. The lowest BCUT2D eigenvalue weighted by molar-refractivity contribution is -0.115. The molecule has 6 nitrogen and oxygen atoms in total. The SMILES string of the molecule is C#Cc1cccc(NC(=O)CNC(=NC)NCC(c2cccs2)N2CCCC2)c1.I. The number of guanidine groups is 1. The van der Waals surface area contributed by atoms with Gasteiger partial charge in [0.05, 0.1) is 12.6 Å². The summed E-state index contributed by atoms with van der Waals surface area (Å²) >= 11 is 1.78. The van der Waals surface area contributed by atoms with Crippen molar-refractivity contribution in [3.63, 3.8) is 0 Å². The molecule has 1 unspecified atom stereocenters. The van der Waals surface area contributed by atoms with Crippen molar-refractivity contribution in [3.8, 4) is 12.3 Å². The van der Waals surface area contributed by atoms with E-state index in [4.69, 9.17) is 6.42 Å². The van der Waals surface area contributed by atoms with E-state index in [1.165, 1.54) is 17.7 Å². The molecular formula is C22H28IN5OS. The fourth-order valence-corrected chi connectivity index (χ4v) is 4.27. The average molecular weight is 537 g/mol. The zero-order chi connectivity index (χ0) is 20.5. The van der Waals surface area contributed by atoms with Gasteiger partial charge in [-0.2, -0.15) is 0 Å². The van der Waals surface area contributed by atoms with Crippen LogP contribution in [-0.4, -0.2) is 50.0 Å². The van der Waals surface area contributed by atoms with Crippen LogP contribution in [0, 0.1) is 12.3 Å². The highest BCUT2D eigenvalue weighted by Crippen LogP contribution is 2.27. The summed E-state index contributed by atoms with van der Waals surface area (Å²) in [4.78, 5) is 20.4. The Morgan fingerprint density at radius 2 is 2.07 bits per heavy atom. The number of anilines is 1. The van der Waals surface area contributed by atoms with Crippen LogP contribution in [0.5, 0.6) is 0 Å². The van der Waals surface area contributed by atoms with Crippen molar-refractivity contribution in [1.29, 1.82) is 0 Å². The van der Waals surface area contributed by atoms with Crippen molar-refractivity contribution in [2.45, 2.75) is 18.9 Å². The first-order chi connectivity index (χ1) is 14.2. The van der Waals surface area contributed by atoms with Crippen molar-refractivity contribution in [2.24, 2.45) is 4.99 Å². The number of benzene rings is 1. The van der Waals surface area contributed by atoms with Crippen LogP contribution in [0.25, 0.3) is 0 Å². The third kappa shape index (κ3) is 7.00. The Kier molecular flexibility index (Phi) is 10.1. The lowest BCUT2D eigenvalue weighted by Crippen LogP contribution is -2.44. The molecule has 0 aliphatic carbocycles. The zero-order valence-corrected chi connectivity index (χ0v) is 20.2. The predicted octanol–water partition coefficient (Wildman–Crippen LogP) is 3.29. The average Bonchev–Trinajstić information content (AvgIpc) is 3.45. The van der Waals surface area contributed by atoms with Crippen LogP contribution in [0.15, 0.2) is 46.8 Å². The number of nitrogens with zero attached hydrogens (tertiary/aromatic N) is 2. The van der Waals surface area contributed by atoms with Gasteiger partial charge in [-0.05, 0) is 55.6 Å². The standard InChI is InChI=1S/C22H27N5OS.HI/c1-3-17-8-6-9-18(14-17)26-21(28)16-25-22(23-2)24-15-19(20-10-7-13-29-20)27-11-4-5-12-27;/h1,6-10,13-14,19H,4-5,11-12,15-16H2,2H3,(H,26,28)(H2,23,24,25);1H. The molecule has 3 N–H and O–H groups in total. The van der Waals surface area contributed by atoms with E-state index in [-0.39, 0.29) is 36.4 Å². The summed E-state index contributed by atoms with van der Waals surface area (Å²) in [7, 11) is 1.71. The molecule has 1 aliphatic rings. The number of carbonyl (C=O) groups is 1.